The van der Waals surface area contributed by atoms with Gasteiger partial charge in [-0.15, -0.1) is 0 Å². The first-order chi connectivity index (χ1) is 5.06. The molecular formula is C7H14O4. The number of carbonyl (C=O) groups is 1. The van der Waals surface area contributed by atoms with Crippen LogP contribution in [0.3, 0.4) is 0 Å². The Labute approximate surface area is 66.4 Å². The number of hydrogen-bond acceptors (Lipinski definition) is 4. The fraction of sp³-hybridized carbons (Fsp3) is 0.857. The first-order valence-corrected chi connectivity index (χ1v) is 3.41. The van der Waals surface area contributed by atoms with Crippen LogP contribution in [0.2, 0.25) is 0 Å². The Morgan fingerprint density at radius 3 is 2.18 bits per heavy atom. The van der Waals surface area contributed by atoms with Crippen molar-refractivity contribution in [2.24, 2.45) is 0 Å². The summed E-state index contributed by atoms with van der Waals surface area (Å²) in [6, 6.07) is 0. The Bertz CT molecular complexity index is 124. The molecule has 0 heterocycles. The van der Waals surface area contributed by atoms with Crippen LogP contribution in [0.1, 0.15) is 20.8 Å². The summed E-state index contributed by atoms with van der Waals surface area (Å²) in [7, 11) is 1.52. The molecule has 0 aromatic rings. The van der Waals surface area contributed by atoms with Gasteiger partial charge in [0.1, 0.15) is 0 Å². The van der Waals surface area contributed by atoms with Crippen LogP contribution in [-0.2, 0) is 19.0 Å². The summed E-state index contributed by atoms with van der Waals surface area (Å²) in [5.41, 5.74) is 0. The lowest BCUT2D eigenvalue weighted by Crippen LogP contribution is -2.22. The van der Waals surface area contributed by atoms with E-state index < -0.39 is 6.29 Å². The summed E-state index contributed by atoms with van der Waals surface area (Å²) in [5.74, 6) is -0.360. The molecule has 4 nitrogen and oxygen atoms in total. The zero-order chi connectivity index (χ0) is 8.85. The predicted octanol–water partition coefficient (Wildman–Crippen LogP) is 0.904. The van der Waals surface area contributed by atoms with E-state index in [0.29, 0.717) is 0 Å². The van der Waals surface area contributed by atoms with Gasteiger partial charge in [-0.05, 0) is 13.8 Å². The molecule has 0 N–H and O–H groups in total. The fourth-order valence-corrected chi connectivity index (χ4v) is 0.587. The lowest BCUT2D eigenvalue weighted by Gasteiger charge is -2.16. The van der Waals surface area contributed by atoms with Gasteiger partial charge in [0.05, 0.1) is 0 Å². The molecule has 11 heavy (non-hydrogen) atoms. The van der Waals surface area contributed by atoms with E-state index in [9.17, 15) is 4.79 Å². The summed E-state index contributed by atoms with van der Waals surface area (Å²) < 4.78 is 14.5. The van der Waals surface area contributed by atoms with Crippen LogP contribution in [0.5, 0.6) is 0 Å². The van der Waals surface area contributed by atoms with E-state index in [1.54, 1.807) is 13.8 Å². The molecule has 0 spiro atoms. The topological polar surface area (TPSA) is 44.8 Å². The molecule has 0 radical (unpaired) electrons. The highest BCUT2D eigenvalue weighted by atomic mass is 16.8. The molecule has 0 bridgehead atoms. The average molecular weight is 162 g/mol. The fourth-order valence-electron chi connectivity index (χ4n) is 0.587. The third kappa shape index (κ3) is 5.82. The Kier molecular flexibility index (Phi) is 4.81. The van der Waals surface area contributed by atoms with Gasteiger partial charge < -0.3 is 14.2 Å². The third-order valence-electron chi connectivity index (χ3n) is 1.05. The smallest absolute Gasteiger partial charge is 0.304 e. The second-order valence-electron chi connectivity index (χ2n) is 2.12. The van der Waals surface area contributed by atoms with Gasteiger partial charge in [0.15, 0.2) is 6.29 Å². The third-order valence-corrected chi connectivity index (χ3v) is 1.05. The molecule has 0 aromatic carbocycles. The van der Waals surface area contributed by atoms with Crippen molar-refractivity contribution in [3.05, 3.63) is 0 Å². The van der Waals surface area contributed by atoms with Gasteiger partial charge in [-0.1, -0.05) is 0 Å². The molecule has 66 valence electrons. The van der Waals surface area contributed by atoms with Crippen molar-refractivity contribution in [3.63, 3.8) is 0 Å². The summed E-state index contributed by atoms with van der Waals surface area (Å²) >= 11 is 0. The molecule has 4 heteroatoms. The van der Waals surface area contributed by atoms with E-state index in [1.165, 1.54) is 14.0 Å². The molecule has 0 aromatic heterocycles. The maximum Gasteiger partial charge on any atom is 0.304 e. The number of hydrogen-bond donors (Lipinski definition) is 0. The Morgan fingerprint density at radius 2 is 1.82 bits per heavy atom. The van der Waals surface area contributed by atoms with E-state index in [0.717, 1.165) is 0 Å². The van der Waals surface area contributed by atoms with Crippen LogP contribution in [0.25, 0.3) is 0 Å². The van der Waals surface area contributed by atoms with Gasteiger partial charge in [0.2, 0.25) is 6.29 Å². The standard InChI is InChI=1S/C7H14O4/c1-5(8)10-7(3)11-6(2)9-4/h6-7H,1-4H3. The molecular weight excluding hydrogens is 148 g/mol. The largest absolute Gasteiger partial charge is 0.436 e. The number of methoxy groups -OCH3 is 1. The summed E-state index contributed by atoms with van der Waals surface area (Å²) in [6.07, 6.45) is -0.910. The maximum absolute atomic E-state index is 10.4. The quantitative estimate of drug-likeness (QED) is 0.455. The molecule has 0 aliphatic rings. The molecule has 0 aliphatic carbocycles. The van der Waals surface area contributed by atoms with Crippen LogP contribution in [0.15, 0.2) is 0 Å². The van der Waals surface area contributed by atoms with Crippen LogP contribution < -0.4 is 0 Å². The minimum atomic E-state index is -0.553. The lowest BCUT2D eigenvalue weighted by molar-refractivity contribution is -0.220. The zero-order valence-electron chi connectivity index (χ0n) is 7.29. The maximum atomic E-state index is 10.4. The van der Waals surface area contributed by atoms with E-state index in [2.05, 4.69) is 4.74 Å². The van der Waals surface area contributed by atoms with E-state index in [-0.39, 0.29) is 12.3 Å². The predicted molar refractivity (Wildman–Crippen MR) is 38.8 cm³/mol. The van der Waals surface area contributed by atoms with E-state index >= 15 is 0 Å². The molecule has 0 amide bonds. The van der Waals surface area contributed by atoms with Crippen molar-refractivity contribution >= 4 is 5.97 Å². The van der Waals surface area contributed by atoms with Crippen molar-refractivity contribution in [1.82, 2.24) is 0 Å². The summed E-state index contributed by atoms with van der Waals surface area (Å²) in [4.78, 5) is 10.4. The van der Waals surface area contributed by atoms with Gasteiger partial charge in [0, 0.05) is 14.0 Å². The Hall–Kier alpha value is -0.610. The van der Waals surface area contributed by atoms with E-state index in [1.807, 2.05) is 0 Å². The van der Waals surface area contributed by atoms with Crippen molar-refractivity contribution in [2.45, 2.75) is 33.4 Å². The molecule has 0 rings (SSSR count). The average Bonchev–Trinajstić information content (AvgIpc) is 1.85. The lowest BCUT2D eigenvalue weighted by atomic mass is 10.6. The van der Waals surface area contributed by atoms with Crippen LogP contribution >= 0.6 is 0 Å². The number of esters is 1. The summed E-state index contributed by atoms with van der Waals surface area (Å²) in [5, 5.41) is 0. The van der Waals surface area contributed by atoms with Crippen LogP contribution in [0, 0.1) is 0 Å². The first kappa shape index (κ1) is 10.4. The Balaban J connectivity index is 3.51. The monoisotopic (exact) mass is 162 g/mol. The SMILES string of the molecule is COC(C)OC(C)OC(C)=O. The van der Waals surface area contributed by atoms with Gasteiger partial charge in [-0.25, -0.2) is 0 Å². The molecule has 0 aliphatic heterocycles. The normalized spacial score (nSPS) is 15.6. The molecule has 2 atom stereocenters. The first-order valence-electron chi connectivity index (χ1n) is 3.41. The van der Waals surface area contributed by atoms with Crippen molar-refractivity contribution in [3.8, 4) is 0 Å². The van der Waals surface area contributed by atoms with Crippen molar-refractivity contribution in [1.29, 1.82) is 0 Å². The highest BCUT2D eigenvalue weighted by Gasteiger charge is 2.08. The number of rotatable bonds is 4. The molecule has 0 fully saturated rings. The minimum Gasteiger partial charge on any atom is -0.436 e. The van der Waals surface area contributed by atoms with Gasteiger partial charge in [-0.3, -0.25) is 4.79 Å². The second kappa shape index (κ2) is 5.09. The van der Waals surface area contributed by atoms with Gasteiger partial charge in [-0.2, -0.15) is 0 Å². The van der Waals surface area contributed by atoms with Gasteiger partial charge >= 0.3 is 5.97 Å². The summed E-state index contributed by atoms with van der Waals surface area (Å²) in [6.45, 7) is 4.69. The van der Waals surface area contributed by atoms with E-state index in [4.69, 9.17) is 9.47 Å². The molecule has 0 saturated carbocycles. The number of ether oxygens (including phenoxy) is 3. The highest BCUT2D eigenvalue weighted by molar-refractivity contribution is 5.65. The van der Waals surface area contributed by atoms with Gasteiger partial charge in [0.25, 0.3) is 0 Å². The van der Waals surface area contributed by atoms with Crippen LogP contribution in [0.4, 0.5) is 0 Å². The van der Waals surface area contributed by atoms with Crippen molar-refractivity contribution in [2.75, 3.05) is 7.11 Å². The minimum absolute atomic E-state index is 0.357. The molecule has 2 unspecified atom stereocenters. The second-order valence-corrected chi connectivity index (χ2v) is 2.12. The van der Waals surface area contributed by atoms with Crippen LogP contribution in [-0.4, -0.2) is 25.7 Å². The highest BCUT2D eigenvalue weighted by Crippen LogP contribution is 1.99. The number of carbonyl (C=O) groups excluding carboxylic acids is 1. The zero-order valence-corrected chi connectivity index (χ0v) is 7.29. The molecule has 0 saturated heterocycles. The Morgan fingerprint density at radius 1 is 1.27 bits per heavy atom. The van der Waals surface area contributed by atoms with Crippen molar-refractivity contribution < 1.29 is 19.0 Å².